The maximum Gasteiger partial charge on any atom is -0.0161 e. The summed E-state index contributed by atoms with van der Waals surface area (Å²) in [4.78, 5) is 0. The monoisotopic (exact) mass is 118 g/mol. The number of hydrogen-bond acceptors (Lipinski definition) is 0. The molecule has 0 nitrogen and oxygen atoms in total. The highest BCUT2D eigenvalue weighted by Crippen LogP contribution is 2.41. The Balaban J connectivity index is 2.19. The van der Waals surface area contributed by atoms with Gasteiger partial charge in [0, 0.05) is 0 Å². The summed E-state index contributed by atoms with van der Waals surface area (Å²) in [5, 5.41) is 0. The van der Waals surface area contributed by atoms with Crippen LogP contribution in [0.2, 0.25) is 0 Å². The van der Waals surface area contributed by atoms with Gasteiger partial charge in [-0.2, -0.15) is 0 Å². The van der Waals surface area contributed by atoms with Crippen molar-refractivity contribution in [2.45, 2.75) is 6.42 Å². The highest BCUT2D eigenvalue weighted by molar-refractivity contribution is 5.21. The topological polar surface area (TPSA) is 0 Å². The van der Waals surface area contributed by atoms with Crippen LogP contribution in [0.25, 0.3) is 0 Å². The summed E-state index contributed by atoms with van der Waals surface area (Å²) in [6, 6.07) is 0. The molecule has 0 radical (unpaired) electrons. The molecule has 0 bridgehead atoms. The fourth-order valence-electron chi connectivity index (χ4n) is 1.22. The zero-order chi connectivity index (χ0) is 6.10. The van der Waals surface area contributed by atoms with E-state index in [1.807, 2.05) is 0 Å². The Kier molecular flexibility index (Phi) is 1.05. The number of fused-ring (bicyclic) bond motifs is 1. The molecule has 2 aliphatic rings. The van der Waals surface area contributed by atoms with Crippen LogP contribution in [0, 0.1) is 11.8 Å². The Morgan fingerprint density at radius 2 is 1.33 bits per heavy atom. The van der Waals surface area contributed by atoms with Crippen LogP contribution in [-0.2, 0) is 0 Å². The van der Waals surface area contributed by atoms with Gasteiger partial charge in [0.1, 0.15) is 0 Å². The molecule has 0 amide bonds. The molecular weight excluding hydrogens is 108 g/mol. The number of hydrogen-bond donors (Lipinski definition) is 0. The van der Waals surface area contributed by atoms with Gasteiger partial charge in [0.15, 0.2) is 0 Å². The van der Waals surface area contributed by atoms with Gasteiger partial charge in [-0.3, -0.25) is 0 Å². The van der Waals surface area contributed by atoms with Gasteiger partial charge in [-0.25, -0.2) is 0 Å². The summed E-state index contributed by atoms with van der Waals surface area (Å²) >= 11 is 0. The van der Waals surface area contributed by atoms with E-state index in [9.17, 15) is 0 Å². The molecule has 0 N–H and O–H groups in total. The van der Waals surface area contributed by atoms with Crippen molar-refractivity contribution in [1.82, 2.24) is 0 Å². The summed E-state index contributed by atoms with van der Waals surface area (Å²) in [5.74, 6) is 1.73. The van der Waals surface area contributed by atoms with Crippen LogP contribution in [0.5, 0.6) is 0 Å². The Hall–Kier alpha value is -0.780. The van der Waals surface area contributed by atoms with Gasteiger partial charge in [0.2, 0.25) is 0 Å². The summed E-state index contributed by atoms with van der Waals surface area (Å²) in [6.07, 6.45) is 14.4. The molecule has 2 rings (SSSR count). The van der Waals surface area contributed by atoms with Gasteiger partial charge < -0.3 is 0 Å². The quantitative estimate of drug-likeness (QED) is 0.458. The van der Waals surface area contributed by atoms with Crippen LogP contribution in [0.4, 0.5) is 0 Å². The predicted octanol–water partition coefficient (Wildman–Crippen LogP) is 2.30. The SMILES string of the molecule is C1=C\C=C/[C@H]2C[C@H]2\C=C/1. The predicted molar refractivity (Wildman–Crippen MR) is 39.0 cm³/mol. The first-order valence-electron chi connectivity index (χ1n) is 3.48. The summed E-state index contributed by atoms with van der Waals surface area (Å²) in [7, 11) is 0. The first kappa shape index (κ1) is 5.04. The summed E-state index contributed by atoms with van der Waals surface area (Å²) < 4.78 is 0. The Morgan fingerprint density at radius 1 is 0.778 bits per heavy atom. The fourth-order valence-corrected chi connectivity index (χ4v) is 1.22. The van der Waals surface area contributed by atoms with Crippen molar-refractivity contribution >= 4 is 0 Å². The van der Waals surface area contributed by atoms with Crippen molar-refractivity contribution in [1.29, 1.82) is 0 Å². The van der Waals surface area contributed by atoms with E-state index in [1.54, 1.807) is 0 Å². The second-order valence-corrected chi connectivity index (χ2v) is 2.72. The molecule has 1 saturated carbocycles. The molecule has 9 heavy (non-hydrogen) atoms. The molecule has 0 unspecified atom stereocenters. The van der Waals surface area contributed by atoms with Crippen LogP contribution in [0.15, 0.2) is 36.5 Å². The van der Waals surface area contributed by atoms with Gasteiger partial charge in [-0.05, 0) is 18.3 Å². The van der Waals surface area contributed by atoms with Crippen molar-refractivity contribution in [3.8, 4) is 0 Å². The lowest BCUT2D eigenvalue weighted by Crippen LogP contribution is -1.72. The van der Waals surface area contributed by atoms with Crippen molar-refractivity contribution < 1.29 is 0 Å². The minimum atomic E-state index is 0.867. The van der Waals surface area contributed by atoms with Crippen LogP contribution in [-0.4, -0.2) is 0 Å². The highest BCUT2D eigenvalue weighted by atomic mass is 14.4. The Labute approximate surface area is 55.6 Å². The molecule has 46 valence electrons. The second-order valence-electron chi connectivity index (χ2n) is 2.72. The molecule has 0 aliphatic heterocycles. The van der Waals surface area contributed by atoms with Gasteiger partial charge in [-0.1, -0.05) is 36.5 Å². The van der Waals surface area contributed by atoms with Crippen LogP contribution < -0.4 is 0 Å². The van der Waals surface area contributed by atoms with Crippen molar-refractivity contribution in [2.24, 2.45) is 11.8 Å². The molecule has 0 aromatic carbocycles. The summed E-state index contributed by atoms with van der Waals surface area (Å²) in [5.41, 5.74) is 0. The third-order valence-corrected chi connectivity index (χ3v) is 1.94. The van der Waals surface area contributed by atoms with E-state index in [4.69, 9.17) is 0 Å². The smallest absolute Gasteiger partial charge is 0.0161 e. The average Bonchev–Trinajstić information content (AvgIpc) is 2.46. The maximum absolute atomic E-state index is 2.30. The molecule has 0 aromatic rings. The maximum atomic E-state index is 2.30. The Morgan fingerprint density at radius 3 is 1.89 bits per heavy atom. The first-order chi connectivity index (χ1) is 4.47. The molecule has 0 saturated heterocycles. The highest BCUT2D eigenvalue weighted by Gasteiger charge is 2.31. The van der Waals surface area contributed by atoms with Crippen LogP contribution in [0.3, 0.4) is 0 Å². The minimum Gasteiger partial charge on any atom is -0.0808 e. The lowest BCUT2D eigenvalue weighted by atomic mass is 10.2. The van der Waals surface area contributed by atoms with Gasteiger partial charge in [-0.15, -0.1) is 0 Å². The Bertz CT molecular complexity index is 164. The number of allylic oxidation sites excluding steroid dienone is 6. The van der Waals surface area contributed by atoms with Crippen LogP contribution >= 0.6 is 0 Å². The molecule has 2 atom stereocenters. The molecule has 0 heteroatoms. The average molecular weight is 118 g/mol. The molecule has 2 aliphatic carbocycles. The molecular formula is C9H10. The molecule has 0 spiro atoms. The van der Waals surface area contributed by atoms with E-state index in [-0.39, 0.29) is 0 Å². The summed E-state index contributed by atoms with van der Waals surface area (Å²) in [6.45, 7) is 0. The zero-order valence-electron chi connectivity index (χ0n) is 5.33. The van der Waals surface area contributed by atoms with Crippen molar-refractivity contribution in [3.05, 3.63) is 36.5 Å². The van der Waals surface area contributed by atoms with E-state index in [0.717, 1.165) is 11.8 Å². The second kappa shape index (κ2) is 1.87. The normalized spacial score (nSPS) is 48.0. The zero-order valence-corrected chi connectivity index (χ0v) is 5.33. The van der Waals surface area contributed by atoms with E-state index in [2.05, 4.69) is 36.5 Å². The van der Waals surface area contributed by atoms with Crippen LogP contribution in [0.1, 0.15) is 6.42 Å². The molecule has 1 fully saturated rings. The van der Waals surface area contributed by atoms with Crippen molar-refractivity contribution in [3.63, 3.8) is 0 Å². The molecule has 0 aromatic heterocycles. The third-order valence-electron chi connectivity index (χ3n) is 1.94. The molecule has 0 heterocycles. The van der Waals surface area contributed by atoms with Gasteiger partial charge >= 0.3 is 0 Å². The van der Waals surface area contributed by atoms with E-state index in [0.29, 0.717) is 0 Å². The standard InChI is InChI=1S/C9H10/c1-2-4-6-9-7-8(9)5-3-1/h1-6,8-9H,7H2/b2-1-,5-3-,6-4-/t8-,9+. The number of rotatable bonds is 0. The fraction of sp³-hybridized carbons (Fsp3) is 0.333. The van der Waals surface area contributed by atoms with Crippen molar-refractivity contribution in [2.75, 3.05) is 0 Å². The van der Waals surface area contributed by atoms with Gasteiger partial charge in [0.05, 0.1) is 0 Å². The third kappa shape index (κ3) is 0.973. The van der Waals surface area contributed by atoms with Gasteiger partial charge in [0.25, 0.3) is 0 Å². The van der Waals surface area contributed by atoms with E-state index < -0.39 is 0 Å². The van der Waals surface area contributed by atoms with E-state index >= 15 is 0 Å². The van der Waals surface area contributed by atoms with E-state index in [1.165, 1.54) is 6.42 Å². The first-order valence-corrected chi connectivity index (χ1v) is 3.48. The minimum absolute atomic E-state index is 0.867. The lowest BCUT2D eigenvalue weighted by molar-refractivity contribution is 0.993. The lowest BCUT2D eigenvalue weighted by Gasteiger charge is -1.85. The largest absolute Gasteiger partial charge is 0.0808 e.